The highest BCUT2D eigenvalue weighted by Gasteiger charge is 2.19. The molecule has 0 unspecified atom stereocenters. The highest BCUT2D eigenvalue weighted by molar-refractivity contribution is 5.90. The third kappa shape index (κ3) is 3.34. The molecule has 0 saturated heterocycles. The van der Waals surface area contributed by atoms with Crippen molar-refractivity contribution in [1.82, 2.24) is 0 Å². The first-order chi connectivity index (χ1) is 10.7. The van der Waals surface area contributed by atoms with Crippen LogP contribution in [-0.2, 0) is 29.0 Å². The molecule has 4 heteroatoms. The topological polar surface area (TPSA) is 55.4 Å². The van der Waals surface area contributed by atoms with Crippen LogP contribution in [0.2, 0.25) is 0 Å². The molecule has 2 aromatic carbocycles. The number of Topliss-reactive ketones (excluding diaryl/α,β-unsaturated/α-hetero) is 1. The van der Waals surface area contributed by atoms with Crippen LogP contribution in [0, 0.1) is 0 Å². The van der Waals surface area contributed by atoms with Crippen LogP contribution in [0.4, 0.5) is 10.5 Å². The average molecular weight is 295 g/mol. The molecule has 112 valence electrons. The Hall–Kier alpha value is -2.62. The molecule has 1 N–H and O–H groups in total. The molecule has 3 rings (SSSR count). The molecule has 0 aromatic heterocycles. The van der Waals surface area contributed by atoms with Crippen LogP contribution >= 0.6 is 0 Å². The maximum Gasteiger partial charge on any atom is 0.411 e. The molecule has 0 aliphatic heterocycles. The van der Waals surface area contributed by atoms with Crippen LogP contribution in [0.3, 0.4) is 0 Å². The number of anilines is 1. The van der Waals surface area contributed by atoms with Crippen LogP contribution < -0.4 is 5.32 Å². The van der Waals surface area contributed by atoms with Crippen LogP contribution in [0.5, 0.6) is 0 Å². The van der Waals surface area contributed by atoms with Gasteiger partial charge in [0.05, 0.1) is 0 Å². The Morgan fingerprint density at radius 3 is 2.68 bits per heavy atom. The zero-order valence-electron chi connectivity index (χ0n) is 12.2. The lowest BCUT2D eigenvalue weighted by atomic mass is 9.89. The minimum absolute atomic E-state index is 0.208. The highest BCUT2D eigenvalue weighted by Crippen LogP contribution is 2.26. The number of ether oxygens (including phenoxy) is 1. The van der Waals surface area contributed by atoms with Crippen LogP contribution in [0.25, 0.3) is 0 Å². The molecular weight excluding hydrogens is 278 g/mol. The predicted octanol–water partition coefficient (Wildman–Crippen LogP) is 3.49. The molecular formula is C18H17NO3. The van der Waals surface area contributed by atoms with Crippen molar-refractivity contribution in [2.24, 2.45) is 0 Å². The Morgan fingerprint density at radius 1 is 1.05 bits per heavy atom. The Labute approximate surface area is 129 Å². The van der Waals surface area contributed by atoms with Gasteiger partial charge in [0.25, 0.3) is 0 Å². The summed E-state index contributed by atoms with van der Waals surface area (Å²) in [4.78, 5) is 23.6. The van der Waals surface area contributed by atoms with E-state index in [2.05, 4.69) is 5.32 Å². The fraction of sp³-hybridized carbons (Fsp3) is 0.222. The van der Waals surface area contributed by atoms with Crippen molar-refractivity contribution < 1.29 is 14.3 Å². The number of rotatable bonds is 3. The minimum Gasteiger partial charge on any atom is -0.444 e. The van der Waals surface area contributed by atoms with E-state index in [9.17, 15) is 9.59 Å². The molecule has 0 saturated carbocycles. The van der Waals surface area contributed by atoms with Gasteiger partial charge in [0.15, 0.2) is 0 Å². The smallest absolute Gasteiger partial charge is 0.411 e. The molecule has 0 heterocycles. The molecule has 0 atom stereocenters. The lowest BCUT2D eigenvalue weighted by Gasteiger charge is -2.18. The number of amides is 1. The first-order valence-corrected chi connectivity index (χ1v) is 7.32. The van der Waals surface area contributed by atoms with Crippen LogP contribution in [0.1, 0.15) is 23.1 Å². The summed E-state index contributed by atoms with van der Waals surface area (Å²) in [6.45, 7) is 0.223. The summed E-state index contributed by atoms with van der Waals surface area (Å²) in [6.07, 6.45) is 1.19. The lowest BCUT2D eigenvalue weighted by Crippen LogP contribution is -2.19. The summed E-state index contributed by atoms with van der Waals surface area (Å²) in [6, 6.07) is 15.2. The molecule has 0 spiro atoms. The van der Waals surface area contributed by atoms with Gasteiger partial charge in [-0.2, -0.15) is 0 Å². The third-order valence-electron chi connectivity index (χ3n) is 3.77. The monoisotopic (exact) mass is 295 g/mol. The molecule has 1 aliphatic carbocycles. The van der Waals surface area contributed by atoms with Crippen molar-refractivity contribution in [2.75, 3.05) is 5.32 Å². The quantitative estimate of drug-likeness (QED) is 0.943. The van der Waals surface area contributed by atoms with Crippen molar-refractivity contribution in [3.05, 3.63) is 65.2 Å². The summed E-state index contributed by atoms with van der Waals surface area (Å²) in [7, 11) is 0. The normalized spacial score (nSPS) is 13.4. The van der Waals surface area contributed by atoms with Crippen molar-refractivity contribution in [3.8, 4) is 0 Å². The van der Waals surface area contributed by atoms with Gasteiger partial charge in [-0.3, -0.25) is 10.1 Å². The molecule has 2 aromatic rings. The molecule has 0 fully saturated rings. The Bertz CT molecular complexity index is 695. The Morgan fingerprint density at radius 2 is 1.86 bits per heavy atom. The van der Waals surface area contributed by atoms with Gasteiger partial charge in [0.2, 0.25) is 0 Å². The van der Waals surface area contributed by atoms with Crippen LogP contribution in [-0.4, -0.2) is 11.9 Å². The maximum absolute atomic E-state index is 11.9. The van der Waals surface area contributed by atoms with Gasteiger partial charge < -0.3 is 4.74 Å². The number of nitrogens with one attached hydrogen (secondary N) is 1. The fourth-order valence-corrected chi connectivity index (χ4v) is 2.62. The van der Waals surface area contributed by atoms with E-state index in [1.165, 1.54) is 0 Å². The number of carbonyl (C=O) groups is 2. The van der Waals surface area contributed by atoms with Crippen molar-refractivity contribution in [3.63, 3.8) is 0 Å². The Balaban J connectivity index is 1.66. The van der Waals surface area contributed by atoms with Gasteiger partial charge in [-0.05, 0) is 29.2 Å². The first kappa shape index (κ1) is 14.3. The van der Waals surface area contributed by atoms with Gasteiger partial charge >= 0.3 is 6.09 Å². The van der Waals surface area contributed by atoms with E-state index in [1.54, 1.807) is 6.07 Å². The molecule has 0 bridgehead atoms. The number of hydrogen-bond donors (Lipinski definition) is 1. The number of ketones is 1. The van der Waals surface area contributed by atoms with Crippen molar-refractivity contribution >= 4 is 17.6 Å². The summed E-state index contributed by atoms with van der Waals surface area (Å²) in [5, 5.41) is 2.75. The van der Waals surface area contributed by atoms with E-state index in [0.717, 1.165) is 23.1 Å². The first-order valence-electron chi connectivity index (χ1n) is 7.32. The molecule has 4 nitrogen and oxygen atoms in total. The van der Waals surface area contributed by atoms with E-state index in [0.29, 0.717) is 18.5 Å². The van der Waals surface area contributed by atoms with Gasteiger partial charge in [-0.15, -0.1) is 0 Å². The van der Waals surface area contributed by atoms with Crippen molar-refractivity contribution in [1.29, 1.82) is 0 Å². The number of carbonyl (C=O) groups excluding carboxylic acids is 2. The summed E-state index contributed by atoms with van der Waals surface area (Å²) in [5.74, 6) is 0.208. The second kappa shape index (κ2) is 6.43. The predicted molar refractivity (Wildman–Crippen MR) is 83.7 cm³/mol. The second-order valence-electron chi connectivity index (χ2n) is 5.35. The van der Waals surface area contributed by atoms with Gasteiger partial charge in [0, 0.05) is 18.5 Å². The lowest BCUT2D eigenvalue weighted by molar-refractivity contribution is -0.118. The SMILES string of the molecule is O=C1CCc2cccc(NC(=O)OCc3ccccc3)c2C1. The highest BCUT2D eigenvalue weighted by atomic mass is 16.5. The second-order valence-corrected chi connectivity index (χ2v) is 5.35. The average Bonchev–Trinajstić information content (AvgIpc) is 2.54. The summed E-state index contributed by atoms with van der Waals surface area (Å²) >= 11 is 0. The van der Waals surface area contributed by atoms with Crippen LogP contribution in [0.15, 0.2) is 48.5 Å². The maximum atomic E-state index is 11.9. The van der Waals surface area contributed by atoms with E-state index >= 15 is 0 Å². The summed E-state index contributed by atoms with van der Waals surface area (Å²) in [5.41, 5.74) is 3.64. The van der Waals surface area contributed by atoms with Crippen molar-refractivity contribution in [2.45, 2.75) is 25.9 Å². The molecule has 0 radical (unpaired) electrons. The third-order valence-corrected chi connectivity index (χ3v) is 3.77. The van der Waals surface area contributed by atoms with Gasteiger partial charge in [-0.1, -0.05) is 42.5 Å². The molecule has 1 amide bonds. The number of aryl methyl sites for hydroxylation is 1. The fourth-order valence-electron chi connectivity index (χ4n) is 2.62. The van der Waals surface area contributed by atoms with E-state index < -0.39 is 6.09 Å². The van der Waals surface area contributed by atoms with E-state index in [4.69, 9.17) is 4.74 Å². The zero-order chi connectivity index (χ0) is 15.4. The molecule has 22 heavy (non-hydrogen) atoms. The number of fused-ring (bicyclic) bond motifs is 1. The zero-order valence-corrected chi connectivity index (χ0v) is 12.2. The minimum atomic E-state index is -0.504. The number of hydrogen-bond acceptors (Lipinski definition) is 3. The van der Waals surface area contributed by atoms with E-state index in [-0.39, 0.29) is 12.4 Å². The Kier molecular flexibility index (Phi) is 4.19. The summed E-state index contributed by atoms with van der Waals surface area (Å²) < 4.78 is 5.21. The number of benzene rings is 2. The molecule has 1 aliphatic rings. The standard InChI is InChI=1S/C18H17NO3/c20-15-10-9-14-7-4-8-17(16(14)11-15)19-18(21)22-12-13-5-2-1-3-6-13/h1-8H,9-12H2,(H,19,21). The van der Waals surface area contributed by atoms with Gasteiger partial charge in [0.1, 0.15) is 12.4 Å². The largest absolute Gasteiger partial charge is 0.444 e. The van der Waals surface area contributed by atoms with Gasteiger partial charge in [-0.25, -0.2) is 4.79 Å². The van der Waals surface area contributed by atoms with E-state index in [1.807, 2.05) is 42.5 Å².